The normalized spacial score (nSPS) is 38.8. The topological polar surface area (TPSA) is 190 Å². The molecule has 1 amide bonds. The number of aliphatic hydroxyl groups is 3. The van der Waals surface area contributed by atoms with Gasteiger partial charge < -0.3 is 49.4 Å². The van der Waals surface area contributed by atoms with E-state index in [0.29, 0.717) is 0 Å². The van der Waals surface area contributed by atoms with Crippen LogP contribution in [0.1, 0.15) is 13.8 Å². The molecule has 9 unspecified atom stereocenters. The van der Waals surface area contributed by atoms with Gasteiger partial charge in [-0.1, -0.05) is 6.58 Å². The number of hydrogen-bond donors (Lipinski definition) is 5. The Hall–Kier alpha value is -2.26. The molecule has 5 N–H and O–H groups in total. The van der Waals surface area contributed by atoms with Crippen molar-refractivity contribution < 1.29 is 58.5 Å². The fraction of sp³-hybridized carbons (Fsp3) is 0.700. The van der Waals surface area contributed by atoms with Gasteiger partial charge in [-0.15, -0.1) is 0 Å². The number of aliphatic carboxylic acids is 1. The molecule has 2 fully saturated rings. The molecular formula is C20H30NO12+. The van der Waals surface area contributed by atoms with E-state index in [9.17, 15) is 34.8 Å². The second-order valence-corrected chi connectivity index (χ2v) is 7.88. The molecule has 2 aliphatic heterocycles. The van der Waals surface area contributed by atoms with Crippen molar-refractivity contribution in [1.82, 2.24) is 5.32 Å². The third-order valence-corrected chi connectivity index (χ3v) is 5.27. The molecule has 0 spiro atoms. The average molecular weight is 476 g/mol. The van der Waals surface area contributed by atoms with E-state index in [1.807, 2.05) is 0 Å². The van der Waals surface area contributed by atoms with E-state index < -0.39 is 85.6 Å². The molecule has 0 aromatic carbocycles. The summed E-state index contributed by atoms with van der Waals surface area (Å²) in [5.74, 6) is -3.92. The molecule has 0 radical (unpaired) electrons. The maximum atomic E-state index is 11.7. The lowest BCUT2D eigenvalue weighted by atomic mass is 9.90. The molecule has 0 aromatic rings. The Morgan fingerprint density at radius 3 is 2.21 bits per heavy atom. The van der Waals surface area contributed by atoms with E-state index in [0.717, 1.165) is 0 Å². The van der Waals surface area contributed by atoms with Crippen molar-refractivity contribution >= 4 is 17.8 Å². The van der Waals surface area contributed by atoms with Gasteiger partial charge in [0.1, 0.15) is 43.2 Å². The zero-order valence-corrected chi connectivity index (χ0v) is 18.4. The molecule has 0 aliphatic carbocycles. The van der Waals surface area contributed by atoms with Gasteiger partial charge in [0, 0.05) is 19.6 Å². The number of carbonyl (C=O) groups is 3. The third-order valence-electron chi connectivity index (χ3n) is 5.27. The highest BCUT2D eigenvalue weighted by molar-refractivity contribution is 5.86. The number of esters is 1. The highest BCUT2D eigenvalue weighted by Gasteiger charge is 2.54. The number of carbonyl (C=O) groups excluding carboxylic acids is 2. The Kier molecular flexibility index (Phi) is 9.20. The first-order valence-corrected chi connectivity index (χ1v) is 10.1. The second kappa shape index (κ2) is 11.2. The van der Waals surface area contributed by atoms with Gasteiger partial charge in [-0.3, -0.25) is 4.79 Å². The molecule has 186 valence electrons. The molecular weight excluding hydrogens is 446 g/mol. The van der Waals surface area contributed by atoms with E-state index in [2.05, 4.69) is 18.8 Å². The van der Waals surface area contributed by atoms with Crippen LogP contribution < -0.4 is 5.32 Å². The van der Waals surface area contributed by atoms with Gasteiger partial charge in [0.25, 0.3) is 0 Å². The van der Waals surface area contributed by atoms with Crippen molar-refractivity contribution in [2.45, 2.75) is 69.1 Å². The minimum absolute atomic E-state index is 0.114. The van der Waals surface area contributed by atoms with Gasteiger partial charge >= 0.3 is 11.9 Å². The molecule has 10 atom stereocenters. The summed E-state index contributed by atoms with van der Waals surface area (Å²) in [6, 6.07) is -1.15. The van der Waals surface area contributed by atoms with Crippen LogP contribution >= 0.6 is 0 Å². The highest BCUT2D eigenvalue weighted by Crippen LogP contribution is 2.31. The smallest absolute Gasteiger partial charge is 0.337 e. The number of hydrogen-bond acceptors (Lipinski definition) is 11. The van der Waals surface area contributed by atoms with Crippen LogP contribution in [0.25, 0.3) is 0 Å². The number of aliphatic hydroxyl groups excluding tert-OH is 3. The van der Waals surface area contributed by atoms with Crippen LogP contribution in [-0.2, 0) is 38.1 Å². The van der Waals surface area contributed by atoms with Crippen LogP contribution in [0.3, 0.4) is 0 Å². The van der Waals surface area contributed by atoms with Crippen LogP contribution in [0.5, 0.6) is 0 Å². The maximum Gasteiger partial charge on any atom is 0.337 e. The predicted octanol–water partition coefficient (Wildman–Crippen LogP) is -2.29. The number of ether oxygens (including phenoxy) is 5. The number of rotatable bonds is 8. The SMILES string of the molecule is C=C(C)C(=O)OCC1OC(OC)C(NC(C)=O)C(OC2OC(C(=O)O)[C@@H]([CH2+])C(O)C2O)C1O. The molecule has 0 aromatic heterocycles. The van der Waals surface area contributed by atoms with Gasteiger partial charge in [-0.25, -0.2) is 9.59 Å². The fourth-order valence-corrected chi connectivity index (χ4v) is 3.52. The summed E-state index contributed by atoms with van der Waals surface area (Å²) < 4.78 is 26.8. The zero-order valence-electron chi connectivity index (χ0n) is 18.4. The van der Waals surface area contributed by atoms with Crippen LogP contribution in [0.4, 0.5) is 0 Å². The Bertz CT molecular complexity index is 745. The lowest BCUT2D eigenvalue weighted by molar-refractivity contribution is -0.332. The molecule has 33 heavy (non-hydrogen) atoms. The summed E-state index contributed by atoms with van der Waals surface area (Å²) >= 11 is 0. The van der Waals surface area contributed by atoms with Crippen molar-refractivity contribution in [3.63, 3.8) is 0 Å². The number of methoxy groups -OCH3 is 1. The van der Waals surface area contributed by atoms with E-state index >= 15 is 0 Å². The molecule has 2 saturated heterocycles. The van der Waals surface area contributed by atoms with E-state index in [1.54, 1.807) is 0 Å². The molecule has 2 rings (SSSR count). The fourth-order valence-electron chi connectivity index (χ4n) is 3.52. The monoisotopic (exact) mass is 476 g/mol. The lowest BCUT2D eigenvalue weighted by Gasteiger charge is -2.46. The van der Waals surface area contributed by atoms with Crippen molar-refractivity contribution in [3.05, 3.63) is 19.1 Å². The lowest BCUT2D eigenvalue weighted by Crippen LogP contribution is -2.67. The molecule has 13 heteroatoms. The van der Waals surface area contributed by atoms with Crippen LogP contribution in [-0.4, -0.2) is 107 Å². The van der Waals surface area contributed by atoms with E-state index in [-0.39, 0.29) is 5.57 Å². The van der Waals surface area contributed by atoms with Crippen LogP contribution in [0.15, 0.2) is 12.2 Å². The quantitative estimate of drug-likeness (QED) is 0.143. The summed E-state index contributed by atoms with van der Waals surface area (Å²) in [5.41, 5.74) is 0.114. The van der Waals surface area contributed by atoms with Crippen LogP contribution in [0, 0.1) is 12.8 Å². The summed E-state index contributed by atoms with van der Waals surface area (Å²) in [6.07, 6.45) is -12.0. The maximum absolute atomic E-state index is 11.7. The number of carboxylic acid groups (broad SMARTS) is 1. The first-order valence-electron chi connectivity index (χ1n) is 10.1. The van der Waals surface area contributed by atoms with Gasteiger partial charge in [0.2, 0.25) is 12.0 Å². The van der Waals surface area contributed by atoms with Gasteiger partial charge in [0.05, 0.1) is 6.92 Å². The van der Waals surface area contributed by atoms with Gasteiger partial charge in [-0.2, -0.15) is 0 Å². The van der Waals surface area contributed by atoms with Crippen molar-refractivity contribution in [1.29, 1.82) is 0 Å². The summed E-state index contributed by atoms with van der Waals surface area (Å²) in [7, 11) is 1.26. The van der Waals surface area contributed by atoms with E-state index in [1.165, 1.54) is 21.0 Å². The summed E-state index contributed by atoms with van der Waals surface area (Å²) in [4.78, 5) is 35.0. The van der Waals surface area contributed by atoms with Crippen molar-refractivity contribution in [3.8, 4) is 0 Å². The number of carboxylic acids is 1. The molecule has 0 saturated carbocycles. The number of amides is 1. The Morgan fingerprint density at radius 2 is 1.70 bits per heavy atom. The zero-order chi connectivity index (χ0) is 25.0. The molecule has 0 bridgehead atoms. The van der Waals surface area contributed by atoms with Crippen molar-refractivity contribution in [2.75, 3.05) is 13.7 Å². The van der Waals surface area contributed by atoms with Crippen LogP contribution in [0.2, 0.25) is 0 Å². The number of nitrogens with one attached hydrogen (secondary N) is 1. The van der Waals surface area contributed by atoms with E-state index in [4.69, 9.17) is 23.7 Å². The Morgan fingerprint density at radius 1 is 1.06 bits per heavy atom. The highest BCUT2D eigenvalue weighted by atomic mass is 16.7. The summed E-state index contributed by atoms with van der Waals surface area (Å²) in [5, 5.41) is 43.3. The second-order valence-electron chi connectivity index (χ2n) is 7.88. The van der Waals surface area contributed by atoms with Crippen molar-refractivity contribution in [2.24, 2.45) is 5.92 Å². The molecule has 2 aliphatic rings. The average Bonchev–Trinajstić information content (AvgIpc) is 2.74. The first-order chi connectivity index (χ1) is 15.4. The Balaban J connectivity index is 2.30. The minimum atomic E-state index is -1.73. The first kappa shape index (κ1) is 27.0. The molecule has 2 heterocycles. The van der Waals surface area contributed by atoms with Gasteiger partial charge in [0.15, 0.2) is 18.5 Å². The standard InChI is InChI=1S/C20H29NO12/c1-7(2)18(28)30-6-10-13(24)16(11(21-9(4)22)19(29-5)31-10)33-20-14(25)12(23)8(3)15(32-20)17(26)27/h8,10-16,19-20,23-25H,1,3,6H2,2,4-5H3,(H-,21,22,26,27)/p+1/t8-,10?,11?,12?,13?,14?,15?,16?,19?,20?/m0/s1. The Labute approximate surface area is 190 Å². The van der Waals surface area contributed by atoms with Gasteiger partial charge in [-0.05, 0) is 6.92 Å². The predicted molar refractivity (Wildman–Crippen MR) is 107 cm³/mol. The summed E-state index contributed by atoms with van der Waals surface area (Å²) in [6.45, 7) is 9.14. The molecule has 13 nitrogen and oxygen atoms in total. The minimum Gasteiger partial charge on any atom is -0.479 e. The third kappa shape index (κ3) is 6.20. The largest absolute Gasteiger partial charge is 0.479 e.